The molecule has 0 saturated carbocycles. The number of rotatable bonds is 7. The van der Waals surface area contributed by atoms with Crippen LogP contribution < -0.4 is 15.4 Å². The predicted molar refractivity (Wildman–Crippen MR) is 98.0 cm³/mol. The monoisotopic (exact) mass is 324 g/mol. The van der Waals surface area contributed by atoms with Crippen LogP contribution in [0, 0.1) is 0 Å². The van der Waals surface area contributed by atoms with Crippen LogP contribution in [0.25, 0.3) is 0 Å². The SMILES string of the molecule is COc1ccc(Nc2ccnc(NCCC3=CCCCC3)n2)cc1. The van der Waals surface area contributed by atoms with Crippen LogP contribution in [0.1, 0.15) is 32.1 Å². The van der Waals surface area contributed by atoms with Gasteiger partial charge in [0.05, 0.1) is 7.11 Å². The van der Waals surface area contributed by atoms with Crippen molar-refractivity contribution in [2.24, 2.45) is 0 Å². The highest BCUT2D eigenvalue weighted by Gasteiger charge is 2.04. The second-order valence-electron chi connectivity index (χ2n) is 5.90. The normalized spacial score (nSPS) is 14.0. The third-order valence-electron chi connectivity index (χ3n) is 4.13. The van der Waals surface area contributed by atoms with Gasteiger partial charge in [0.2, 0.25) is 5.95 Å². The van der Waals surface area contributed by atoms with Gasteiger partial charge < -0.3 is 15.4 Å². The fourth-order valence-electron chi connectivity index (χ4n) is 2.80. The van der Waals surface area contributed by atoms with Gasteiger partial charge in [-0.05, 0) is 62.4 Å². The summed E-state index contributed by atoms with van der Waals surface area (Å²) in [7, 11) is 1.66. The topological polar surface area (TPSA) is 59.1 Å². The molecule has 2 aromatic rings. The summed E-state index contributed by atoms with van der Waals surface area (Å²) in [6.07, 6.45) is 10.3. The molecule has 1 heterocycles. The summed E-state index contributed by atoms with van der Waals surface area (Å²) in [5.74, 6) is 2.27. The van der Waals surface area contributed by atoms with Gasteiger partial charge in [0, 0.05) is 18.4 Å². The molecule has 5 heteroatoms. The van der Waals surface area contributed by atoms with Gasteiger partial charge in [-0.1, -0.05) is 11.6 Å². The van der Waals surface area contributed by atoms with Gasteiger partial charge in [-0.2, -0.15) is 4.98 Å². The predicted octanol–water partition coefficient (Wildman–Crippen LogP) is 4.53. The minimum atomic E-state index is 0.657. The maximum atomic E-state index is 5.16. The van der Waals surface area contributed by atoms with Crippen LogP contribution in [0.4, 0.5) is 17.5 Å². The Bertz CT molecular complexity index is 682. The number of anilines is 3. The van der Waals surface area contributed by atoms with Crippen LogP contribution >= 0.6 is 0 Å². The Balaban J connectivity index is 1.54. The van der Waals surface area contributed by atoms with Gasteiger partial charge >= 0.3 is 0 Å². The summed E-state index contributed by atoms with van der Waals surface area (Å²) >= 11 is 0. The van der Waals surface area contributed by atoms with E-state index in [0.29, 0.717) is 5.95 Å². The minimum absolute atomic E-state index is 0.657. The second kappa shape index (κ2) is 8.34. The summed E-state index contributed by atoms with van der Waals surface area (Å²) in [6.45, 7) is 0.873. The first kappa shape index (κ1) is 16.3. The number of hydrogen-bond donors (Lipinski definition) is 2. The molecule has 1 aliphatic rings. The molecule has 0 aliphatic heterocycles. The van der Waals surface area contributed by atoms with Crippen molar-refractivity contribution >= 4 is 17.5 Å². The highest BCUT2D eigenvalue weighted by molar-refractivity contribution is 5.57. The van der Waals surface area contributed by atoms with E-state index in [4.69, 9.17) is 4.74 Å². The van der Waals surface area contributed by atoms with Crippen molar-refractivity contribution < 1.29 is 4.74 Å². The van der Waals surface area contributed by atoms with E-state index in [-0.39, 0.29) is 0 Å². The molecule has 1 aromatic carbocycles. The molecular weight excluding hydrogens is 300 g/mol. The van der Waals surface area contributed by atoms with Crippen molar-refractivity contribution in [1.82, 2.24) is 9.97 Å². The number of aromatic nitrogens is 2. The van der Waals surface area contributed by atoms with Crippen LogP contribution in [0.2, 0.25) is 0 Å². The molecular formula is C19H24N4O. The molecule has 0 unspecified atom stereocenters. The Morgan fingerprint density at radius 1 is 1.12 bits per heavy atom. The van der Waals surface area contributed by atoms with E-state index in [2.05, 4.69) is 26.7 Å². The zero-order valence-corrected chi connectivity index (χ0v) is 14.1. The van der Waals surface area contributed by atoms with Crippen LogP contribution in [0.5, 0.6) is 5.75 Å². The molecule has 126 valence electrons. The van der Waals surface area contributed by atoms with Crippen molar-refractivity contribution in [3.8, 4) is 5.75 Å². The molecule has 0 saturated heterocycles. The van der Waals surface area contributed by atoms with Gasteiger partial charge in [0.15, 0.2) is 0 Å². The van der Waals surface area contributed by atoms with Gasteiger partial charge in [-0.3, -0.25) is 0 Å². The van der Waals surface area contributed by atoms with Crippen LogP contribution in [0.3, 0.4) is 0 Å². The van der Waals surface area contributed by atoms with Crippen molar-refractivity contribution in [3.05, 3.63) is 48.2 Å². The first-order chi connectivity index (χ1) is 11.8. The second-order valence-corrected chi connectivity index (χ2v) is 5.90. The molecule has 24 heavy (non-hydrogen) atoms. The summed E-state index contributed by atoms with van der Waals surface area (Å²) in [6, 6.07) is 9.62. The maximum absolute atomic E-state index is 5.16. The molecule has 3 rings (SSSR count). The third kappa shape index (κ3) is 4.72. The Morgan fingerprint density at radius 3 is 2.75 bits per heavy atom. The van der Waals surface area contributed by atoms with E-state index in [1.165, 1.54) is 25.7 Å². The van der Waals surface area contributed by atoms with Crippen molar-refractivity contribution in [2.45, 2.75) is 32.1 Å². The number of hydrogen-bond acceptors (Lipinski definition) is 5. The summed E-state index contributed by atoms with van der Waals surface area (Å²) in [5.41, 5.74) is 2.52. The van der Waals surface area contributed by atoms with Crippen LogP contribution in [-0.4, -0.2) is 23.6 Å². The first-order valence-electron chi connectivity index (χ1n) is 8.49. The smallest absolute Gasteiger partial charge is 0.224 e. The van der Waals surface area contributed by atoms with Gasteiger partial charge in [-0.15, -0.1) is 0 Å². The van der Waals surface area contributed by atoms with E-state index in [1.54, 1.807) is 18.9 Å². The third-order valence-corrected chi connectivity index (χ3v) is 4.13. The Labute approximate surface area is 143 Å². The summed E-state index contributed by atoms with van der Waals surface area (Å²) in [4.78, 5) is 8.80. The lowest BCUT2D eigenvalue weighted by molar-refractivity contribution is 0.415. The number of nitrogens with one attached hydrogen (secondary N) is 2. The van der Waals surface area contributed by atoms with Crippen molar-refractivity contribution in [3.63, 3.8) is 0 Å². The molecule has 0 bridgehead atoms. The Morgan fingerprint density at radius 2 is 2.00 bits per heavy atom. The number of allylic oxidation sites excluding steroid dienone is 1. The van der Waals surface area contributed by atoms with Gasteiger partial charge in [0.1, 0.15) is 11.6 Å². The number of ether oxygens (including phenoxy) is 1. The van der Waals surface area contributed by atoms with Gasteiger partial charge in [-0.25, -0.2) is 4.98 Å². The standard InChI is InChI=1S/C19H24N4O/c1-24-17-9-7-16(8-10-17)22-18-12-14-21-19(23-18)20-13-11-15-5-3-2-4-6-15/h5,7-10,12,14H,2-4,6,11,13H2,1H3,(H2,20,21,22,23). The molecule has 1 aromatic heterocycles. The zero-order chi connectivity index (χ0) is 16.6. The lowest BCUT2D eigenvalue weighted by Crippen LogP contribution is -2.08. The van der Waals surface area contributed by atoms with Crippen LogP contribution in [0.15, 0.2) is 48.2 Å². The molecule has 0 amide bonds. The number of benzene rings is 1. The average Bonchev–Trinajstić information content (AvgIpc) is 2.64. The van der Waals surface area contributed by atoms with Gasteiger partial charge in [0.25, 0.3) is 0 Å². The minimum Gasteiger partial charge on any atom is -0.497 e. The number of methoxy groups -OCH3 is 1. The Kier molecular flexibility index (Phi) is 5.66. The van der Waals surface area contributed by atoms with E-state index in [0.717, 1.165) is 30.2 Å². The fraction of sp³-hybridized carbons (Fsp3) is 0.368. The van der Waals surface area contributed by atoms with Crippen LogP contribution in [-0.2, 0) is 0 Å². The molecule has 5 nitrogen and oxygen atoms in total. The fourth-order valence-corrected chi connectivity index (χ4v) is 2.80. The molecule has 0 radical (unpaired) electrons. The number of nitrogens with zero attached hydrogens (tertiary/aromatic N) is 2. The molecule has 2 N–H and O–H groups in total. The van der Waals surface area contributed by atoms with E-state index in [1.807, 2.05) is 30.3 Å². The van der Waals surface area contributed by atoms with E-state index >= 15 is 0 Å². The quantitative estimate of drug-likeness (QED) is 0.733. The highest BCUT2D eigenvalue weighted by atomic mass is 16.5. The average molecular weight is 324 g/mol. The Hall–Kier alpha value is -2.56. The maximum Gasteiger partial charge on any atom is 0.224 e. The van der Waals surface area contributed by atoms with Crippen molar-refractivity contribution in [2.75, 3.05) is 24.3 Å². The zero-order valence-electron chi connectivity index (χ0n) is 14.1. The lowest BCUT2D eigenvalue weighted by Gasteiger charge is -2.13. The lowest BCUT2D eigenvalue weighted by atomic mass is 9.97. The molecule has 1 aliphatic carbocycles. The first-order valence-corrected chi connectivity index (χ1v) is 8.49. The van der Waals surface area contributed by atoms with E-state index < -0.39 is 0 Å². The molecule has 0 fully saturated rings. The van der Waals surface area contributed by atoms with Crippen molar-refractivity contribution in [1.29, 1.82) is 0 Å². The largest absolute Gasteiger partial charge is 0.497 e. The summed E-state index contributed by atoms with van der Waals surface area (Å²) < 4.78 is 5.16. The van der Waals surface area contributed by atoms with E-state index in [9.17, 15) is 0 Å². The summed E-state index contributed by atoms with van der Waals surface area (Å²) in [5, 5.41) is 6.59. The molecule has 0 atom stereocenters. The molecule has 0 spiro atoms. The highest BCUT2D eigenvalue weighted by Crippen LogP contribution is 2.21.